The van der Waals surface area contributed by atoms with E-state index in [1.807, 2.05) is 36.7 Å². The van der Waals surface area contributed by atoms with Crippen molar-refractivity contribution in [1.82, 2.24) is 20.1 Å². The third-order valence-corrected chi connectivity index (χ3v) is 4.24. The molecule has 0 spiro atoms. The van der Waals surface area contributed by atoms with E-state index in [2.05, 4.69) is 20.7 Å². The summed E-state index contributed by atoms with van der Waals surface area (Å²) in [5, 5.41) is 15.2. The van der Waals surface area contributed by atoms with E-state index >= 15 is 0 Å². The number of hydrogen-bond donors (Lipinski definition) is 1. The molecule has 7 heteroatoms. The normalized spacial score (nSPS) is 17.5. The van der Waals surface area contributed by atoms with Crippen molar-refractivity contribution in [2.45, 2.75) is 32.7 Å². The van der Waals surface area contributed by atoms with Gasteiger partial charge in [-0.1, -0.05) is 12.1 Å². The molecule has 7 nitrogen and oxygen atoms in total. The number of anilines is 1. The van der Waals surface area contributed by atoms with E-state index in [-0.39, 0.29) is 11.8 Å². The second kappa shape index (κ2) is 4.66. The van der Waals surface area contributed by atoms with Gasteiger partial charge in [-0.2, -0.15) is 5.10 Å². The van der Waals surface area contributed by atoms with Gasteiger partial charge in [0, 0.05) is 30.1 Å². The van der Waals surface area contributed by atoms with Crippen LogP contribution in [0, 0.1) is 6.92 Å². The molecule has 1 aliphatic heterocycles. The van der Waals surface area contributed by atoms with E-state index in [9.17, 15) is 4.79 Å². The van der Waals surface area contributed by atoms with E-state index in [0.717, 1.165) is 23.4 Å². The molecule has 0 radical (unpaired) electrons. The number of rotatable bonds is 2. The van der Waals surface area contributed by atoms with Crippen molar-refractivity contribution in [3.05, 3.63) is 35.0 Å². The molecule has 1 unspecified atom stereocenters. The van der Waals surface area contributed by atoms with Crippen LogP contribution in [0.5, 0.6) is 0 Å². The van der Waals surface area contributed by atoms with Gasteiger partial charge in [-0.05, 0) is 35.8 Å². The van der Waals surface area contributed by atoms with Gasteiger partial charge in [0.2, 0.25) is 5.91 Å². The lowest BCUT2D eigenvalue weighted by Crippen LogP contribution is -2.23. The van der Waals surface area contributed by atoms with Crippen molar-refractivity contribution in [3.63, 3.8) is 0 Å². The Balaban J connectivity index is 1.95. The number of hydrogen-bond acceptors (Lipinski definition) is 5. The lowest BCUT2D eigenvalue weighted by molar-refractivity contribution is -0.116. The Morgan fingerprint density at radius 2 is 2.27 bits per heavy atom. The molecule has 0 fully saturated rings. The molecular formula is C15H15N5O2. The van der Waals surface area contributed by atoms with Crippen molar-refractivity contribution in [2.24, 2.45) is 0 Å². The number of benzene rings is 1. The van der Waals surface area contributed by atoms with Crippen LogP contribution in [0.15, 0.2) is 22.8 Å². The molecule has 112 valence electrons. The third kappa shape index (κ3) is 1.75. The maximum absolute atomic E-state index is 12.1. The van der Waals surface area contributed by atoms with Gasteiger partial charge >= 0.3 is 0 Å². The summed E-state index contributed by atoms with van der Waals surface area (Å²) in [7, 11) is 0. The zero-order valence-electron chi connectivity index (χ0n) is 12.3. The van der Waals surface area contributed by atoms with Crippen molar-refractivity contribution in [2.75, 3.05) is 5.32 Å². The van der Waals surface area contributed by atoms with E-state index in [1.54, 1.807) is 0 Å². The molecule has 3 aromatic rings. The first-order chi connectivity index (χ1) is 10.7. The number of carbonyl (C=O) groups is 1. The highest BCUT2D eigenvalue weighted by molar-refractivity contribution is 5.95. The first kappa shape index (κ1) is 13.0. The predicted octanol–water partition coefficient (Wildman–Crippen LogP) is 2.22. The largest absolute Gasteiger partial charge is 0.309 e. The molecule has 4 rings (SSSR count). The number of aromatic nitrogens is 4. The fraction of sp³-hybridized carbons (Fsp3) is 0.333. The second-order valence-electron chi connectivity index (χ2n) is 5.45. The minimum atomic E-state index is -0.0837. The summed E-state index contributed by atoms with van der Waals surface area (Å²) in [6.45, 7) is 4.82. The molecule has 1 aliphatic rings. The van der Waals surface area contributed by atoms with Gasteiger partial charge in [0.15, 0.2) is 5.82 Å². The maximum Gasteiger partial charge on any atom is 0.226 e. The van der Waals surface area contributed by atoms with Crippen LogP contribution in [-0.4, -0.2) is 26.0 Å². The molecular weight excluding hydrogens is 282 g/mol. The van der Waals surface area contributed by atoms with E-state index in [0.29, 0.717) is 23.3 Å². The summed E-state index contributed by atoms with van der Waals surface area (Å²) in [6, 6.07) is 5.73. The van der Waals surface area contributed by atoms with Crippen molar-refractivity contribution in [1.29, 1.82) is 0 Å². The standard InChI is InChI=1S/C15H15N5O2/c1-3-20-8(2)13-10(7-12(21)16-15(13)17-20)9-5-4-6-11-14(9)19-22-18-11/h4-6,10H,3,7H2,1-2H3,(H,16,17,21). The van der Waals surface area contributed by atoms with Gasteiger partial charge < -0.3 is 5.32 Å². The fourth-order valence-electron chi connectivity index (χ4n) is 3.22. The Morgan fingerprint density at radius 1 is 1.41 bits per heavy atom. The van der Waals surface area contributed by atoms with Crippen LogP contribution in [0.3, 0.4) is 0 Å². The minimum absolute atomic E-state index is 0.0355. The molecule has 1 N–H and O–H groups in total. The Kier molecular flexibility index (Phi) is 2.75. The molecule has 3 heterocycles. The number of amides is 1. The van der Waals surface area contributed by atoms with Crippen LogP contribution in [0.2, 0.25) is 0 Å². The van der Waals surface area contributed by atoms with Crippen molar-refractivity contribution < 1.29 is 9.42 Å². The van der Waals surface area contributed by atoms with E-state index in [1.165, 1.54) is 0 Å². The van der Waals surface area contributed by atoms with Crippen LogP contribution < -0.4 is 5.32 Å². The minimum Gasteiger partial charge on any atom is -0.309 e. The zero-order valence-corrected chi connectivity index (χ0v) is 12.3. The Bertz CT molecular complexity index is 879. The maximum atomic E-state index is 12.1. The molecule has 0 saturated heterocycles. The summed E-state index contributed by atoms with van der Waals surface area (Å²) in [4.78, 5) is 12.1. The third-order valence-electron chi connectivity index (χ3n) is 4.24. The zero-order chi connectivity index (χ0) is 15.3. The van der Waals surface area contributed by atoms with Crippen LogP contribution in [0.4, 0.5) is 5.82 Å². The Morgan fingerprint density at radius 3 is 3.09 bits per heavy atom. The first-order valence-electron chi connectivity index (χ1n) is 7.27. The fourth-order valence-corrected chi connectivity index (χ4v) is 3.22. The van der Waals surface area contributed by atoms with Crippen LogP contribution in [0.1, 0.15) is 36.1 Å². The molecule has 1 aromatic carbocycles. The molecule has 0 aliphatic carbocycles. The molecule has 0 saturated carbocycles. The highest BCUT2D eigenvalue weighted by Gasteiger charge is 2.33. The van der Waals surface area contributed by atoms with Gasteiger partial charge in [-0.25, -0.2) is 4.63 Å². The molecule has 0 bridgehead atoms. The van der Waals surface area contributed by atoms with Crippen LogP contribution >= 0.6 is 0 Å². The monoisotopic (exact) mass is 297 g/mol. The van der Waals surface area contributed by atoms with Gasteiger partial charge in [-0.3, -0.25) is 9.48 Å². The smallest absolute Gasteiger partial charge is 0.226 e. The summed E-state index contributed by atoms with van der Waals surface area (Å²) in [5.74, 6) is 0.528. The lowest BCUT2D eigenvalue weighted by Gasteiger charge is -2.22. The summed E-state index contributed by atoms with van der Waals surface area (Å²) in [6.07, 6.45) is 0.370. The van der Waals surface area contributed by atoms with Crippen molar-refractivity contribution >= 4 is 22.8 Å². The van der Waals surface area contributed by atoms with Crippen LogP contribution in [-0.2, 0) is 11.3 Å². The highest BCUT2D eigenvalue weighted by atomic mass is 16.6. The van der Waals surface area contributed by atoms with Gasteiger partial charge in [0.05, 0.1) is 0 Å². The lowest BCUT2D eigenvalue weighted by atomic mass is 9.85. The highest BCUT2D eigenvalue weighted by Crippen LogP contribution is 2.40. The summed E-state index contributed by atoms with van der Waals surface area (Å²) >= 11 is 0. The quantitative estimate of drug-likeness (QED) is 0.784. The molecule has 2 aromatic heterocycles. The summed E-state index contributed by atoms with van der Waals surface area (Å²) < 4.78 is 6.75. The number of aryl methyl sites for hydroxylation is 1. The number of fused-ring (bicyclic) bond motifs is 2. The van der Waals surface area contributed by atoms with Gasteiger partial charge in [0.25, 0.3) is 0 Å². The van der Waals surface area contributed by atoms with Crippen molar-refractivity contribution in [3.8, 4) is 0 Å². The Labute approximate surface area is 126 Å². The number of nitrogens with one attached hydrogen (secondary N) is 1. The molecule has 1 amide bonds. The summed E-state index contributed by atoms with van der Waals surface area (Å²) in [5.41, 5.74) is 4.48. The SMILES string of the molecule is CCn1nc2c(c1C)C(c1cccc3nonc13)CC(=O)N2. The van der Waals surface area contributed by atoms with E-state index < -0.39 is 0 Å². The average Bonchev–Trinajstić information content (AvgIpc) is 3.10. The van der Waals surface area contributed by atoms with Crippen LogP contribution in [0.25, 0.3) is 11.0 Å². The first-order valence-corrected chi connectivity index (χ1v) is 7.27. The number of carbonyl (C=O) groups excluding carboxylic acids is 1. The predicted molar refractivity (Wildman–Crippen MR) is 79.5 cm³/mol. The topological polar surface area (TPSA) is 85.8 Å². The second-order valence-corrected chi connectivity index (χ2v) is 5.45. The molecule has 22 heavy (non-hydrogen) atoms. The molecule has 1 atom stereocenters. The van der Waals surface area contributed by atoms with Gasteiger partial charge in [-0.15, -0.1) is 0 Å². The average molecular weight is 297 g/mol. The number of nitrogens with zero attached hydrogens (tertiary/aromatic N) is 4. The Hall–Kier alpha value is -2.70. The van der Waals surface area contributed by atoms with E-state index in [4.69, 9.17) is 4.63 Å². The van der Waals surface area contributed by atoms with Gasteiger partial charge in [0.1, 0.15) is 11.0 Å².